The number of allylic oxidation sites excluding steroid dienone is 1. The predicted octanol–water partition coefficient (Wildman–Crippen LogP) is 2.14. The van der Waals surface area contributed by atoms with Crippen LogP contribution in [0.5, 0.6) is 0 Å². The minimum Gasteiger partial charge on any atom is -0.458 e. The highest BCUT2D eigenvalue weighted by atomic mass is 16.7. The lowest BCUT2D eigenvalue weighted by molar-refractivity contribution is -0.152. The highest BCUT2D eigenvalue weighted by Gasteiger charge is 2.53. The van der Waals surface area contributed by atoms with Gasteiger partial charge in [0.15, 0.2) is 0 Å². The van der Waals surface area contributed by atoms with E-state index in [9.17, 15) is 14.7 Å². The van der Waals surface area contributed by atoms with Crippen molar-refractivity contribution in [3.8, 4) is 0 Å². The summed E-state index contributed by atoms with van der Waals surface area (Å²) in [6.07, 6.45) is 5.56. The minimum atomic E-state index is -0.793. The van der Waals surface area contributed by atoms with Gasteiger partial charge >= 0.3 is 11.9 Å². The average molecular weight is 346 g/mol. The Kier molecular flexibility index (Phi) is 3.76. The van der Waals surface area contributed by atoms with Crippen molar-refractivity contribution in [2.24, 2.45) is 11.3 Å². The Bertz CT molecular complexity index is 730. The first-order valence-electron chi connectivity index (χ1n) is 8.72. The Balaban J connectivity index is 1.56. The topological polar surface area (TPSA) is 82.1 Å². The number of hydrogen-bond donors (Lipinski definition) is 1. The summed E-state index contributed by atoms with van der Waals surface area (Å²) in [5.41, 5.74) is 3.07. The van der Waals surface area contributed by atoms with E-state index in [1.54, 1.807) is 13.0 Å². The van der Waals surface area contributed by atoms with Crippen LogP contribution in [0.1, 0.15) is 39.5 Å². The molecule has 0 spiro atoms. The van der Waals surface area contributed by atoms with E-state index in [-0.39, 0.29) is 24.0 Å². The summed E-state index contributed by atoms with van der Waals surface area (Å²) in [4.78, 5) is 23.7. The molecule has 0 aromatic heterocycles. The maximum atomic E-state index is 12.3. The number of hydrogen-bond acceptors (Lipinski definition) is 6. The average Bonchev–Trinajstić information content (AvgIpc) is 3.18. The van der Waals surface area contributed by atoms with Gasteiger partial charge in [0.1, 0.15) is 6.10 Å². The number of carbonyl (C=O) groups is 2. The van der Waals surface area contributed by atoms with Gasteiger partial charge in [0, 0.05) is 23.0 Å². The second-order valence-electron chi connectivity index (χ2n) is 7.56. The van der Waals surface area contributed by atoms with E-state index < -0.39 is 18.2 Å². The highest BCUT2D eigenvalue weighted by molar-refractivity contribution is 5.92. The third-order valence-corrected chi connectivity index (χ3v) is 5.83. The summed E-state index contributed by atoms with van der Waals surface area (Å²) < 4.78 is 16.2. The van der Waals surface area contributed by atoms with Gasteiger partial charge in [-0.1, -0.05) is 12.5 Å². The van der Waals surface area contributed by atoms with Crippen LogP contribution >= 0.6 is 0 Å². The van der Waals surface area contributed by atoms with Crippen LogP contribution in [0.3, 0.4) is 0 Å². The summed E-state index contributed by atoms with van der Waals surface area (Å²) in [6, 6.07) is 0. The molecule has 25 heavy (non-hydrogen) atoms. The molecule has 2 heterocycles. The molecule has 0 saturated carbocycles. The van der Waals surface area contributed by atoms with E-state index >= 15 is 0 Å². The highest BCUT2D eigenvalue weighted by Crippen LogP contribution is 2.54. The standard InChI is InChI=1S/C19H22O6/c1-10-6-14(24-17(10)21)23-8-13-12-7-11-4-3-5-19(2,9-20)15(11)16(12)25-18(13)22/h6,8,12,14,16,20H,3-5,7,9H2,1-2H3/b13-8+/t12-,14-,16+,19+/m1/s1. The molecule has 4 rings (SSSR count). The Morgan fingerprint density at radius 3 is 2.84 bits per heavy atom. The van der Waals surface area contributed by atoms with Crippen LogP contribution in [0, 0.1) is 11.3 Å². The molecule has 4 atom stereocenters. The lowest BCUT2D eigenvalue weighted by Crippen LogP contribution is -2.33. The summed E-state index contributed by atoms with van der Waals surface area (Å²) >= 11 is 0. The zero-order chi connectivity index (χ0) is 17.8. The first-order chi connectivity index (χ1) is 11.9. The van der Waals surface area contributed by atoms with Gasteiger partial charge in [-0.15, -0.1) is 0 Å². The van der Waals surface area contributed by atoms with Crippen molar-refractivity contribution in [2.45, 2.75) is 51.9 Å². The lowest BCUT2D eigenvalue weighted by atomic mass is 9.71. The molecule has 0 amide bonds. The van der Waals surface area contributed by atoms with Gasteiger partial charge in [0.25, 0.3) is 6.29 Å². The van der Waals surface area contributed by atoms with E-state index in [1.807, 2.05) is 6.92 Å². The molecule has 134 valence electrons. The monoisotopic (exact) mass is 346 g/mol. The SMILES string of the molecule is CC1=C[C@H](O/C=C2/C(=O)O[C@@H]3C4=C(CCC[C@@]4(C)CO)C[C@H]23)OC1=O. The molecule has 0 aromatic carbocycles. The Morgan fingerprint density at radius 2 is 2.16 bits per heavy atom. The predicted molar refractivity (Wildman–Crippen MR) is 86.9 cm³/mol. The molecule has 1 saturated heterocycles. The second-order valence-corrected chi connectivity index (χ2v) is 7.56. The van der Waals surface area contributed by atoms with Gasteiger partial charge in [-0.25, -0.2) is 9.59 Å². The molecular formula is C19H22O6. The van der Waals surface area contributed by atoms with Gasteiger partial charge in [-0.05, 0) is 38.2 Å². The molecule has 0 radical (unpaired) electrons. The molecule has 1 fully saturated rings. The number of ether oxygens (including phenoxy) is 3. The van der Waals surface area contributed by atoms with Gasteiger partial charge in [0.05, 0.1) is 18.4 Å². The number of aliphatic hydroxyl groups is 1. The molecule has 0 bridgehead atoms. The molecule has 6 nitrogen and oxygen atoms in total. The summed E-state index contributed by atoms with van der Waals surface area (Å²) in [5.74, 6) is -0.881. The van der Waals surface area contributed by atoms with E-state index in [4.69, 9.17) is 14.2 Å². The zero-order valence-electron chi connectivity index (χ0n) is 14.4. The number of aliphatic hydroxyl groups excluding tert-OH is 1. The number of esters is 2. The fourth-order valence-electron chi connectivity index (χ4n) is 4.48. The van der Waals surface area contributed by atoms with Crippen molar-refractivity contribution in [1.29, 1.82) is 0 Å². The lowest BCUT2D eigenvalue weighted by Gasteiger charge is -2.36. The van der Waals surface area contributed by atoms with E-state index in [0.717, 1.165) is 31.3 Å². The van der Waals surface area contributed by atoms with Gasteiger partial charge in [0.2, 0.25) is 0 Å². The third-order valence-electron chi connectivity index (χ3n) is 5.83. The van der Waals surface area contributed by atoms with E-state index in [2.05, 4.69) is 0 Å². The van der Waals surface area contributed by atoms with Crippen LogP contribution in [0.2, 0.25) is 0 Å². The summed E-state index contributed by atoms with van der Waals surface area (Å²) in [6.45, 7) is 3.76. The number of rotatable bonds is 3. The fraction of sp³-hybridized carbons (Fsp3) is 0.579. The summed E-state index contributed by atoms with van der Waals surface area (Å²) in [7, 11) is 0. The Labute approximate surface area is 146 Å². The van der Waals surface area contributed by atoms with Crippen molar-refractivity contribution in [3.05, 3.63) is 34.6 Å². The van der Waals surface area contributed by atoms with Crippen LogP contribution in [0.15, 0.2) is 34.6 Å². The van der Waals surface area contributed by atoms with Crippen LogP contribution in [-0.4, -0.2) is 36.0 Å². The maximum absolute atomic E-state index is 12.3. The van der Waals surface area contributed by atoms with E-state index in [1.165, 1.54) is 11.8 Å². The largest absolute Gasteiger partial charge is 0.458 e. The van der Waals surface area contributed by atoms with Crippen molar-refractivity contribution in [1.82, 2.24) is 0 Å². The Morgan fingerprint density at radius 1 is 1.36 bits per heavy atom. The van der Waals surface area contributed by atoms with Crippen LogP contribution in [0.25, 0.3) is 0 Å². The van der Waals surface area contributed by atoms with Crippen molar-refractivity contribution < 1.29 is 28.9 Å². The molecule has 6 heteroatoms. The van der Waals surface area contributed by atoms with Gasteiger partial charge in [-0.2, -0.15) is 0 Å². The number of cyclic esters (lactones) is 1. The number of carbonyl (C=O) groups excluding carboxylic acids is 2. The fourth-order valence-corrected chi connectivity index (χ4v) is 4.48. The number of fused-ring (bicyclic) bond motifs is 2. The van der Waals surface area contributed by atoms with Gasteiger partial charge < -0.3 is 19.3 Å². The molecule has 1 N–H and O–H groups in total. The zero-order valence-corrected chi connectivity index (χ0v) is 14.4. The van der Waals surface area contributed by atoms with Crippen LogP contribution < -0.4 is 0 Å². The first kappa shape index (κ1) is 16.4. The molecule has 2 aliphatic heterocycles. The smallest absolute Gasteiger partial charge is 0.338 e. The van der Waals surface area contributed by atoms with Crippen molar-refractivity contribution in [2.75, 3.05) is 6.61 Å². The second kappa shape index (κ2) is 5.73. The molecular weight excluding hydrogens is 324 g/mol. The third kappa shape index (κ3) is 2.51. The van der Waals surface area contributed by atoms with Gasteiger partial charge in [-0.3, -0.25) is 0 Å². The molecule has 2 aliphatic carbocycles. The Hall–Kier alpha value is -2.08. The normalized spacial score (nSPS) is 38.4. The van der Waals surface area contributed by atoms with Crippen molar-refractivity contribution >= 4 is 11.9 Å². The minimum absolute atomic E-state index is 0.0598. The van der Waals surface area contributed by atoms with E-state index in [0.29, 0.717) is 11.1 Å². The maximum Gasteiger partial charge on any atom is 0.338 e. The molecule has 0 unspecified atom stereocenters. The quantitative estimate of drug-likeness (QED) is 0.365. The van der Waals surface area contributed by atoms with Crippen LogP contribution in [0.4, 0.5) is 0 Å². The van der Waals surface area contributed by atoms with Crippen molar-refractivity contribution in [3.63, 3.8) is 0 Å². The molecule has 4 aliphatic rings. The van der Waals surface area contributed by atoms with Crippen LogP contribution in [-0.2, 0) is 23.8 Å². The first-order valence-corrected chi connectivity index (χ1v) is 8.72. The summed E-state index contributed by atoms with van der Waals surface area (Å²) in [5, 5.41) is 9.88. The molecule has 0 aromatic rings.